The molecule has 0 bridgehead atoms. The van der Waals surface area contributed by atoms with Gasteiger partial charge in [0.2, 0.25) is 5.91 Å². The molecule has 1 fully saturated rings. The van der Waals surface area contributed by atoms with Gasteiger partial charge in [0.15, 0.2) is 0 Å². The first-order valence-corrected chi connectivity index (χ1v) is 8.63. The molecule has 0 spiro atoms. The molecule has 2 aromatic rings. The second kappa shape index (κ2) is 7.09. The summed E-state index contributed by atoms with van der Waals surface area (Å²) in [6, 6.07) is 10.00. The maximum atomic E-state index is 12.7. The zero-order chi connectivity index (χ0) is 18.0. The van der Waals surface area contributed by atoms with E-state index in [-0.39, 0.29) is 18.4 Å². The summed E-state index contributed by atoms with van der Waals surface area (Å²) in [7, 11) is 1.77. The lowest BCUT2D eigenvalue weighted by Crippen LogP contribution is -2.52. The van der Waals surface area contributed by atoms with E-state index >= 15 is 0 Å². The number of carbonyl (C=O) groups is 2. The van der Waals surface area contributed by atoms with Crippen molar-refractivity contribution in [3.63, 3.8) is 0 Å². The Bertz CT molecular complexity index is 779. The van der Waals surface area contributed by atoms with Gasteiger partial charge in [-0.05, 0) is 25.0 Å². The Hall–Kier alpha value is -2.63. The SMILES string of the molecule is CCc1cc(C(=O)N2CCN(Cc3ccc(C)cc3)C(=O)C2)n(C)n1. The zero-order valence-corrected chi connectivity index (χ0v) is 15.0. The number of benzene rings is 1. The Morgan fingerprint density at radius 3 is 2.52 bits per heavy atom. The lowest BCUT2D eigenvalue weighted by atomic mass is 10.1. The first kappa shape index (κ1) is 17.2. The highest BCUT2D eigenvalue weighted by molar-refractivity contribution is 5.95. The standard InChI is InChI=1S/C19H24N4O2/c1-4-16-11-17(21(3)20-16)19(25)23-10-9-22(18(24)13-23)12-15-7-5-14(2)6-8-15/h5-8,11H,4,9-10,12-13H2,1-3H3. The van der Waals surface area contributed by atoms with Crippen LogP contribution in [0.25, 0.3) is 0 Å². The second-order valence-electron chi connectivity index (χ2n) is 6.53. The number of carbonyl (C=O) groups excluding carboxylic acids is 2. The molecule has 1 aliphatic rings. The Labute approximate surface area is 148 Å². The summed E-state index contributed by atoms with van der Waals surface area (Å²) >= 11 is 0. The predicted octanol–water partition coefficient (Wildman–Crippen LogP) is 1.78. The third-order valence-corrected chi connectivity index (χ3v) is 4.61. The molecule has 1 aromatic carbocycles. The van der Waals surface area contributed by atoms with E-state index < -0.39 is 0 Å². The van der Waals surface area contributed by atoms with Crippen molar-refractivity contribution in [1.29, 1.82) is 0 Å². The molecule has 0 aliphatic carbocycles. The average molecular weight is 340 g/mol. The lowest BCUT2D eigenvalue weighted by molar-refractivity contribution is -0.135. The minimum absolute atomic E-state index is 0.0157. The van der Waals surface area contributed by atoms with E-state index in [2.05, 4.69) is 5.10 Å². The molecule has 1 aromatic heterocycles. The van der Waals surface area contributed by atoms with Gasteiger partial charge in [-0.3, -0.25) is 14.3 Å². The van der Waals surface area contributed by atoms with Crippen LogP contribution < -0.4 is 0 Å². The van der Waals surface area contributed by atoms with Crippen LogP contribution in [-0.2, 0) is 24.8 Å². The van der Waals surface area contributed by atoms with Gasteiger partial charge in [-0.25, -0.2) is 0 Å². The number of aromatic nitrogens is 2. The molecule has 0 radical (unpaired) electrons. The summed E-state index contributed by atoms with van der Waals surface area (Å²) in [4.78, 5) is 28.6. The van der Waals surface area contributed by atoms with Gasteiger partial charge in [0.05, 0.1) is 5.69 Å². The normalized spacial score (nSPS) is 14.9. The molecule has 6 nitrogen and oxygen atoms in total. The Morgan fingerprint density at radius 1 is 1.20 bits per heavy atom. The van der Waals surface area contributed by atoms with Crippen molar-refractivity contribution >= 4 is 11.8 Å². The van der Waals surface area contributed by atoms with Crippen LogP contribution in [0.4, 0.5) is 0 Å². The van der Waals surface area contributed by atoms with Crippen molar-refractivity contribution in [2.75, 3.05) is 19.6 Å². The van der Waals surface area contributed by atoms with Crippen molar-refractivity contribution < 1.29 is 9.59 Å². The average Bonchev–Trinajstić information content (AvgIpc) is 2.99. The second-order valence-corrected chi connectivity index (χ2v) is 6.53. The molecule has 1 saturated heterocycles. The monoisotopic (exact) mass is 340 g/mol. The largest absolute Gasteiger partial charge is 0.335 e. The molecule has 0 atom stereocenters. The summed E-state index contributed by atoms with van der Waals surface area (Å²) in [6.45, 7) is 5.86. The summed E-state index contributed by atoms with van der Waals surface area (Å²) in [5, 5.41) is 4.32. The fourth-order valence-electron chi connectivity index (χ4n) is 3.02. The smallest absolute Gasteiger partial charge is 0.272 e. The molecule has 0 unspecified atom stereocenters. The van der Waals surface area contributed by atoms with Crippen LogP contribution in [0.2, 0.25) is 0 Å². The molecular weight excluding hydrogens is 316 g/mol. The van der Waals surface area contributed by atoms with Crippen molar-refractivity contribution in [2.45, 2.75) is 26.8 Å². The molecule has 0 N–H and O–H groups in total. The molecule has 6 heteroatoms. The number of aryl methyl sites for hydroxylation is 3. The molecule has 0 saturated carbocycles. The first-order valence-electron chi connectivity index (χ1n) is 8.63. The van der Waals surface area contributed by atoms with Crippen molar-refractivity contribution in [1.82, 2.24) is 19.6 Å². The van der Waals surface area contributed by atoms with Gasteiger partial charge in [-0.15, -0.1) is 0 Å². The van der Waals surface area contributed by atoms with E-state index in [1.807, 2.05) is 49.1 Å². The van der Waals surface area contributed by atoms with Crippen LogP contribution in [-0.4, -0.2) is 51.0 Å². The first-order chi connectivity index (χ1) is 12.0. The van der Waals surface area contributed by atoms with E-state index in [1.165, 1.54) is 5.56 Å². The van der Waals surface area contributed by atoms with E-state index in [1.54, 1.807) is 16.6 Å². The molecule has 25 heavy (non-hydrogen) atoms. The summed E-state index contributed by atoms with van der Waals surface area (Å²) in [5.74, 6) is -0.143. The number of piperazine rings is 1. The molecule has 3 rings (SSSR count). The maximum absolute atomic E-state index is 12.7. The highest BCUT2D eigenvalue weighted by Crippen LogP contribution is 2.14. The highest BCUT2D eigenvalue weighted by atomic mass is 16.2. The number of amides is 2. The third-order valence-electron chi connectivity index (χ3n) is 4.61. The van der Waals surface area contributed by atoms with Crippen LogP contribution >= 0.6 is 0 Å². The fourth-order valence-corrected chi connectivity index (χ4v) is 3.02. The lowest BCUT2D eigenvalue weighted by Gasteiger charge is -2.34. The van der Waals surface area contributed by atoms with Crippen molar-refractivity contribution in [3.8, 4) is 0 Å². The molecule has 2 heterocycles. The maximum Gasteiger partial charge on any atom is 0.272 e. The topological polar surface area (TPSA) is 58.4 Å². The number of hydrogen-bond donors (Lipinski definition) is 0. The van der Waals surface area contributed by atoms with E-state index in [9.17, 15) is 9.59 Å². The van der Waals surface area contributed by atoms with Crippen molar-refractivity contribution in [2.24, 2.45) is 7.05 Å². The van der Waals surface area contributed by atoms with Crippen LogP contribution in [0.5, 0.6) is 0 Å². The van der Waals surface area contributed by atoms with Gasteiger partial charge < -0.3 is 9.80 Å². The van der Waals surface area contributed by atoms with Gasteiger partial charge in [-0.1, -0.05) is 36.8 Å². The van der Waals surface area contributed by atoms with Gasteiger partial charge in [-0.2, -0.15) is 5.10 Å². The van der Waals surface area contributed by atoms with Gasteiger partial charge in [0.1, 0.15) is 12.2 Å². The fraction of sp³-hybridized carbons (Fsp3) is 0.421. The summed E-state index contributed by atoms with van der Waals surface area (Å²) in [5.41, 5.74) is 3.73. The minimum Gasteiger partial charge on any atom is -0.335 e. The molecular formula is C19H24N4O2. The quantitative estimate of drug-likeness (QED) is 0.852. The van der Waals surface area contributed by atoms with Crippen LogP contribution in [0.15, 0.2) is 30.3 Å². The number of hydrogen-bond acceptors (Lipinski definition) is 3. The van der Waals surface area contributed by atoms with Gasteiger partial charge >= 0.3 is 0 Å². The van der Waals surface area contributed by atoms with Crippen LogP contribution in [0, 0.1) is 6.92 Å². The zero-order valence-electron chi connectivity index (χ0n) is 15.0. The number of nitrogens with zero attached hydrogens (tertiary/aromatic N) is 4. The van der Waals surface area contributed by atoms with E-state index in [0.717, 1.165) is 17.7 Å². The summed E-state index contributed by atoms with van der Waals surface area (Å²) in [6.07, 6.45) is 0.782. The Kier molecular flexibility index (Phi) is 4.88. The third kappa shape index (κ3) is 3.73. The Balaban J connectivity index is 1.64. The highest BCUT2D eigenvalue weighted by Gasteiger charge is 2.29. The molecule has 132 valence electrons. The minimum atomic E-state index is -0.127. The Morgan fingerprint density at radius 2 is 1.92 bits per heavy atom. The number of rotatable bonds is 4. The summed E-state index contributed by atoms with van der Waals surface area (Å²) < 4.78 is 1.60. The van der Waals surface area contributed by atoms with E-state index in [4.69, 9.17) is 0 Å². The van der Waals surface area contributed by atoms with E-state index in [0.29, 0.717) is 25.3 Å². The van der Waals surface area contributed by atoms with Crippen LogP contribution in [0.3, 0.4) is 0 Å². The molecule has 1 aliphatic heterocycles. The van der Waals surface area contributed by atoms with Crippen molar-refractivity contribution in [3.05, 3.63) is 52.8 Å². The van der Waals surface area contributed by atoms with Gasteiger partial charge in [0, 0.05) is 26.7 Å². The molecule has 2 amide bonds. The van der Waals surface area contributed by atoms with Gasteiger partial charge in [0.25, 0.3) is 5.91 Å². The van der Waals surface area contributed by atoms with Crippen LogP contribution in [0.1, 0.15) is 34.2 Å². The predicted molar refractivity (Wildman–Crippen MR) is 95.1 cm³/mol.